The third-order valence-corrected chi connectivity index (χ3v) is 2.41. The lowest BCUT2D eigenvalue weighted by Gasteiger charge is -2.02. The predicted octanol–water partition coefficient (Wildman–Crippen LogP) is 2.27. The molecule has 0 radical (unpaired) electrons. The zero-order valence-corrected chi connectivity index (χ0v) is 8.80. The minimum atomic E-state index is 0.844. The summed E-state index contributed by atoms with van der Waals surface area (Å²) in [7, 11) is 0. The van der Waals surface area contributed by atoms with Crippen LogP contribution in [0.5, 0.6) is 0 Å². The van der Waals surface area contributed by atoms with Crippen LogP contribution in [0.25, 0.3) is 0 Å². The van der Waals surface area contributed by atoms with Gasteiger partial charge in [0.15, 0.2) is 0 Å². The maximum absolute atomic E-state index is 5.82. The molecule has 0 atom stereocenters. The normalized spacial score (nSPS) is 10.7. The van der Waals surface area contributed by atoms with Gasteiger partial charge in [-0.25, -0.2) is 0 Å². The molecule has 0 amide bonds. The van der Waals surface area contributed by atoms with Crippen LogP contribution in [-0.4, -0.2) is 9.78 Å². The fourth-order valence-corrected chi connectivity index (χ4v) is 1.44. The maximum atomic E-state index is 5.82. The number of nitrogens with zero attached hydrogens (tertiary/aromatic N) is 2. The number of anilines is 1. The Labute approximate surface area is 79.9 Å². The maximum Gasteiger partial charge on any atom is 0.0825 e. The highest BCUT2D eigenvalue weighted by Gasteiger charge is 2.06. The average molecular weight is 181 g/mol. The van der Waals surface area contributed by atoms with E-state index in [9.17, 15) is 0 Å². The van der Waals surface area contributed by atoms with Crippen molar-refractivity contribution in [1.29, 1.82) is 0 Å². The van der Waals surface area contributed by atoms with E-state index < -0.39 is 0 Å². The highest BCUT2D eigenvalue weighted by molar-refractivity contribution is 5.46. The van der Waals surface area contributed by atoms with Gasteiger partial charge in [0.1, 0.15) is 0 Å². The number of rotatable bonds is 4. The predicted molar refractivity (Wildman–Crippen MR) is 55.6 cm³/mol. The molecule has 1 aromatic heterocycles. The molecule has 0 aliphatic rings. The number of unbranched alkanes of at least 4 members (excludes halogenated alkanes) is 2. The smallest absolute Gasteiger partial charge is 0.0825 e. The van der Waals surface area contributed by atoms with Crippen molar-refractivity contribution in [1.82, 2.24) is 9.78 Å². The van der Waals surface area contributed by atoms with Crippen molar-refractivity contribution in [2.75, 3.05) is 5.73 Å². The molecular formula is C10H19N3. The molecule has 1 aromatic rings. The van der Waals surface area contributed by atoms with E-state index >= 15 is 0 Å². The number of aromatic nitrogens is 2. The molecule has 13 heavy (non-hydrogen) atoms. The topological polar surface area (TPSA) is 43.8 Å². The largest absolute Gasteiger partial charge is 0.396 e. The number of hydrogen-bond donors (Lipinski definition) is 1. The Hall–Kier alpha value is -0.990. The van der Waals surface area contributed by atoms with Crippen molar-refractivity contribution >= 4 is 5.69 Å². The Morgan fingerprint density at radius 2 is 2.00 bits per heavy atom. The fourth-order valence-electron chi connectivity index (χ4n) is 1.44. The Kier molecular flexibility index (Phi) is 3.34. The number of nitrogen functional groups attached to an aromatic ring is 1. The monoisotopic (exact) mass is 181 g/mol. The molecule has 0 saturated heterocycles. The first-order valence-electron chi connectivity index (χ1n) is 4.96. The molecule has 1 rings (SSSR count). The molecule has 3 nitrogen and oxygen atoms in total. The first kappa shape index (κ1) is 10.1. The Balaban J connectivity index is 2.61. The summed E-state index contributed by atoms with van der Waals surface area (Å²) in [4.78, 5) is 0. The van der Waals surface area contributed by atoms with Crippen LogP contribution in [0, 0.1) is 13.8 Å². The van der Waals surface area contributed by atoms with Gasteiger partial charge in [0, 0.05) is 6.54 Å². The van der Waals surface area contributed by atoms with Gasteiger partial charge in [-0.1, -0.05) is 19.8 Å². The summed E-state index contributed by atoms with van der Waals surface area (Å²) >= 11 is 0. The van der Waals surface area contributed by atoms with E-state index in [4.69, 9.17) is 5.73 Å². The van der Waals surface area contributed by atoms with E-state index in [1.165, 1.54) is 19.3 Å². The van der Waals surface area contributed by atoms with E-state index in [0.29, 0.717) is 0 Å². The lowest BCUT2D eigenvalue weighted by Crippen LogP contribution is -2.02. The van der Waals surface area contributed by atoms with Crippen molar-refractivity contribution in [3.63, 3.8) is 0 Å². The second kappa shape index (κ2) is 4.30. The molecular weight excluding hydrogens is 162 g/mol. The third kappa shape index (κ3) is 2.23. The molecule has 0 aliphatic heterocycles. The number of aryl methyl sites for hydroxylation is 2. The van der Waals surface area contributed by atoms with Crippen LogP contribution in [0.15, 0.2) is 0 Å². The van der Waals surface area contributed by atoms with Crippen molar-refractivity contribution < 1.29 is 0 Å². The Bertz CT molecular complexity index is 276. The Morgan fingerprint density at radius 3 is 2.46 bits per heavy atom. The van der Waals surface area contributed by atoms with Crippen molar-refractivity contribution in [3.8, 4) is 0 Å². The molecule has 0 spiro atoms. The van der Waals surface area contributed by atoms with Crippen LogP contribution in [0.1, 0.15) is 37.6 Å². The first-order valence-corrected chi connectivity index (χ1v) is 4.96. The molecule has 0 aromatic carbocycles. The van der Waals surface area contributed by atoms with Gasteiger partial charge in [0.05, 0.1) is 17.1 Å². The second-order valence-corrected chi connectivity index (χ2v) is 3.51. The van der Waals surface area contributed by atoms with Gasteiger partial charge >= 0.3 is 0 Å². The van der Waals surface area contributed by atoms with E-state index in [1.54, 1.807) is 0 Å². The lowest BCUT2D eigenvalue weighted by molar-refractivity contribution is 0.540. The van der Waals surface area contributed by atoms with Crippen LogP contribution in [0.4, 0.5) is 5.69 Å². The third-order valence-electron chi connectivity index (χ3n) is 2.41. The molecule has 74 valence electrons. The van der Waals surface area contributed by atoms with Gasteiger partial charge in [0.2, 0.25) is 0 Å². The molecule has 0 bridgehead atoms. The minimum absolute atomic E-state index is 0.844. The SMILES string of the molecule is CCCCCn1nc(C)c(N)c1C. The van der Waals surface area contributed by atoms with Crippen LogP contribution >= 0.6 is 0 Å². The first-order chi connectivity index (χ1) is 6.16. The van der Waals surface area contributed by atoms with Gasteiger partial charge in [-0.2, -0.15) is 5.10 Å². The molecule has 0 unspecified atom stereocenters. The molecule has 3 heteroatoms. The summed E-state index contributed by atoms with van der Waals surface area (Å²) in [5, 5.41) is 4.37. The second-order valence-electron chi connectivity index (χ2n) is 3.51. The fraction of sp³-hybridized carbons (Fsp3) is 0.700. The van der Waals surface area contributed by atoms with Crippen LogP contribution < -0.4 is 5.73 Å². The van der Waals surface area contributed by atoms with Crippen LogP contribution in [-0.2, 0) is 6.54 Å². The van der Waals surface area contributed by atoms with Gasteiger partial charge in [-0.15, -0.1) is 0 Å². The van der Waals surface area contributed by atoms with Crippen molar-refractivity contribution in [2.24, 2.45) is 0 Å². The Morgan fingerprint density at radius 1 is 1.31 bits per heavy atom. The summed E-state index contributed by atoms with van der Waals surface area (Å²) in [5.74, 6) is 0. The highest BCUT2D eigenvalue weighted by atomic mass is 15.3. The van der Waals surface area contributed by atoms with E-state index in [1.807, 2.05) is 18.5 Å². The van der Waals surface area contributed by atoms with Gasteiger partial charge in [-0.3, -0.25) is 4.68 Å². The van der Waals surface area contributed by atoms with E-state index in [-0.39, 0.29) is 0 Å². The van der Waals surface area contributed by atoms with Gasteiger partial charge < -0.3 is 5.73 Å². The van der Waals surface area contributed by atoms with Crippen molar-refractivity contribution in [3.05, 3.63) is 11.4 Å². The highest BCUT2D eigenvalue weighted by Crippen LogP contribution is 2.15. The summed E-state index contributed by atoms with van der Waals surface area (Å²) in [6, 6.07) is 0. The summed E-state index contributed by atoms with van der Waals surface area (Å²) in [6.07, 6.45) is 3.70. The summed E-state index contributed by atoms with van der Waals surface area (Å²) < 4.78 is 2.01. The zero-order valence-electron chi connectivity index (χ0n) is 8.80. The minimum Gasteiger partial charge on any atom is -0.396 e. The van der Waals surface area contributed by atoms with E-state index in [0.717, 1.165) is 23.6 Å². The number of nitrogens with two attached hydrogens (primary N) is 1. The average Bonchev–Trinajstić information content (AvgIpc) is 2.34. The van der Waals surface area contributed by atoms with Crippen molar-refractivity contribution in [2.45, 2.75) is 46.6 Å². The molecule has 0 fully saturated rings. The molecule has 0 saturated carbocycles. The van der Waals surface area contributed by atoms with Gasteiger partial charge in [0.25, 0.3) is 0 Å². The number of hydrogen-bond acceptors (Lipinski definition) is 2. The standard InChI is InChI=1S/C10H19N3/c1-4-5-6-7-13-9(3)10(11)8(2)12-13/h4-7,11H2,1-3H3. The quantitative estimate of drug-likeness (QED) is 0.724. The summed E-state index contributed by atoms with van der Waals surface area (Å²) in [6.45, 7) is 7.19. The van der Waals surface area contributed by atoms with E-state index in [2.05, 4.69) is 12.0 Å². The van der Waals surface area contributed by atoms with Crippen LogP contribution in [0.2, 0.25) is 0 Å². The zero-order chi connectivity index (χ0) is 9.84. The van der Waals surface area contributed by atoms with Gasteiger partial charge in [-0.05, 0) is 20.3 Å². The molecule has 1 heterocycles. The lowest BCUT2D eigenvalue weighted by atomic mass is 10.2. The summed E-state index contributed by atoms with van der Waals surface area (Å²) in [5.41, 5.74) is 8.73. The van der Waals surface area contributed by atoms with Crippen LogP contribution in [0.3, 0.4) is 0 Å². The molecule has 0 aliphatic carbocycles. The molecule has 2 N–H and O–H groups in total.